The van der Waals surface area contributed by atoms with Crippen LogP contribution in [0, 0.1) is 0 Å². The molecule has 0 aliphatic carbocycles. The number of rotatable bonds is 7. The summed E-state index contributed by atoms with van der Waals surface area (Å²) in [5, 5.41) is 31.1. The Labute approximate surface area is 234 Å². The monoisotopic (exact) mass is 608 g/mol. The van der Waals surface area contributed by atoms with E-state index in [0.29, 0.717) is 11.2 Å². The Balaban J connectivity index is 1.06. The van der Waals surface area contributed by atoms with Crippen LogP contribution in [0.1, 0.15) is 12.5 Å². The molecule has 3 fully saturated rings. The molecule has 3 aliphatic heterocycles. The molecule has 224 valence electrons. The van der Waals surface area contributed by atoms with Crippen molar-refractivity contribution in [2.75, 3.05) is 24.7 Å². The van der Waals surface area contributed by atoms with Gasteiger partial charge in [-0.3, -0.25) is 13.7 Å². The number of imidazole rings is 2. The molecule has 0 bridgehead atoms. The average molecular weight is 608 g/mol. The zero-order chi connectivity index (χ0) is 29.3. The molecule has 4 aromatic heterocycles. The maximum absolute atomic E-state index is 13.2. The van der Waals surface area contributed by atoms with Crippen LogP contribution in [0.3, 0.4) is 0 Å². The molecule has 4 aromatic rings. The molecule has 0 amide bonds. The van der Waals surface area contributed by atoms with Crippen LogP contribution in [0.4, 0.5) is 11.6 Å². The standard InChI is InChI=1S/C21H25N10O10P/c22-15-9-17(26-3-24-15)30(5-28-9)19-12(34)11(33)8(39-19)2-37-42(35,36)21-40-13-7(1-32)38-20(14(13)41-21)31-6-29-10-16(23)25-4-27-18(10)31/h3-8,11-14,19-21,32-34H,1-2H2,(H,35,36)(H2,22,24,26)(H2,23,25,27)/t7-,8-,11-,12-,13-,14-,19-,20-,21-/m1/s1. The van der Waals surface area contributed by atoms with E-state index < -0.39 is 75.9 Å². The lowest BCUT2D eigenvalue weighted by Gasteiger charge is -2.24. The Bertz CT molecular complexity index is 1690. The predicted octanol–water partition coefficient (Wildman–Crippen LogP) is -2.39. The van der Waals surface area contributed by atoms with Crippen molar-refractivity contribution in [2.45, 2.75) is 55.1 Å². The minimum Gasteiger partial charge on any atom is -0.394 e. The highest BCUT2D eigenvalue weighted by molar-refractivity contribution is 7.53. The molecule has 0 spiro atoms. The molecule has 0 radical (unpaired) electrons. The van der Waals surface area contributed by atoms with Crippen molar-refractivity contribution >= 4 is 41.6 Å². The van der Waals surface area contributed by atoms with Gasteiger partial charge < -0.3 is 55.2 Å². The molecular formula is C21H25N10O10P. The van der Waals surface area contributed by atoms with Crippen LogP contribution in [0.5, 0.6) is 0 Å². The van der Waals surface area contributed by atoms with Crippen LogP contribution in [0.2, 0.25) is 0 Å². The number of hydrogen-bond donors (Lipinski definition) is 6. The van der Waals surface area contributed by atoms with E-state index in [1.807, 2.05) is 0 Å². The third kappa shape index (κ3) is 4.23. The minimum absolute atomic E-state index is 0.115. The van der Waals surface area contributed by atoms with Gasteiger partial charge in [-0.25, -0.2) is 29.9 Å². The van der Waals surface area contributed by atoms with E-state index in [4.69, 9.17) is 34.9 Å². The first-order valence-corrected chi connectivity index (χ1v) is 14.2. The summed E-state index contributed by atoms with van der Waals surface area (Å²) in [5.74, 6) is 0.257. The molecule has 8 N–H and O–H groups in total. The first kappa shape index (κ1) is 27.4. The molecular weight excluding hydrogens is 583 g/mol. The maximum atomic E-state index is 13.2. The number of aliphatic hydroxyl groups is 3. The van der Waals surface area contributed by atoms with Crippen molar-refractivity contribution in [3.63, 3.8) is 0 Å². The van der Waals surface area contributed by atoms with Crippen molar-refractivity contribution in [2.24, 2.45) is 0 Å². The zero-order valence-electron chi connectivity index (χ0n) is 21.3. The Morgan fingerprint density at radius 1 is 0.810 bits per heavy atom. The van der Waals surface area contributed by atoms with Gasteiger partial charge in [-0.15, -0.1) is 0 Å². The number of nitrogens with two attached hydrogens (primary N) is 2. The highest BCUT2D eigenvalue weighted by atomic mass is 31.2. The fraction of sp³-hybridized carbons (Fsp3) is 0.524. The molecule has 0 saturated carbocycles. The molecule has 3 aliphatic rings. The van der Waals surface area contributed by atoms with Crippen LogP contribution >= 0.6 is 7.60 Å². The van der Waals surface area contributed by atoms with E-state index in [1.54, 1.807) is 0 Å². The third-order valence-corrected chi connectivity index (χ3v) is 8.66. The third-order valence-electron chi connectivity index (χ3n) is 7.36. The van der Waals surface area contributed by atoms with Gasteiger partial charge in [0, 0.05) is 0 Å². The van der Waals surface area contributed by atoms with Crippen molar-refractivity contribution in [3.05, 3.63) is 25.3 Å². The van der Waals surface area contributed by atoms with E-state index in [-0.39, 0.29) is 22.8 Å². The topological polar surface area (TPSA) is 283 Å². The second-order valence-corrected chi connectivity index (χ2v) is 11.6. The number of nitrogen functional groups attached to an aromatic ring is 2. The molecule has 10 atom stereocenters. The number of aromatic nitrogens is 8. The number of anilines is 2. The van der Waals surface area contributed by atoms with Gasteiger partial charge in [0.15, 0.2) is 35.4 Å². The second kappa shape index (κ2) is 10.1. The largest absolute Gasteiger partial charge is 0.394 e. The smallest absolute Gasteiger partial charge is 0.384 e. The number of ether oxygens (including phenoxy) is 4. The van der Waals surface area contributed by atoms with E-state index in [0.717, 1.165) is 0 Å². The molecule has 20 nitrogen and oxygen atoms in total. The minimum atomic E-state index is -4.70. The first-order valence-electron chi connectivity index (χ1n) is 12.6. The summed E-state index contributed by atoms with van der Waals surface area (Å²) in [6, 6.07) is -1.76. The lowest BCUT2D eigenvalue weighted by atomic mass is 10.1. The van der Waals surface area contributed by atoms with Gasteiger partial charge >= 0.3 is 7.60 Å². The summed E-state index contributed by atoms with van der Waals surface area (Å²) in [7, 11) is -4.70. The van der Waals surface area contributed by atoms with Gasteiger partial charge in [0.1, 0.15) is 60.3 Å². The molecule has 1 unspecified atom stereocenters. The van der Waals surface area contributed by atoms with E-state index in [2.05, 4.69) is 29.9 Å². The summed E-state index contributed by atoms with van der Waals surface area (Å²) in [6.45, 7) is -1.09. The fourth-order valence-corrected chi connectivity index (χ4v) is 6.36. The van der Waals surface area contributed by atoms with Crippen LogP contribution in [-0.2, 0) is 28.0 Å². The number of hydrogen-bond acceptors (Lipinski definition) is 17. The summed E-state index contributed by atoms with van der Waals surface area (Å²) in [4.78, 5) is 35.1. The predicted molar refractivity (Wildman–Crippen MR) is 136 cm³/mol. The number of nitrogens with zero attached hydrogens (tertiary/aromatic N) is 8. The summed E-state index contributed by atoms with van der Waals surface area (Å²) in [6.07, 6.45) is -3.96. The van der Waals surface area contributed by atoms with Crippen molar-refractivity contribution in [1.29, 1.82) is 0 Å². The lowest BCUT2D eigenvalue weighted by molar-refractivity contribution is -0.130. The Hall–Kier alpha value is -3.43. The molecule has 42 heavy (non-hydrogen) atoms. The van der Waals surface area contributed by atoms with Gasteiger partial charge in [-0.2, -0.15) is 0 Å². The van der Waals surface area contributed by atoms with Gasteiger partial charge in [0.2, 0.25) is 0 Å². The lowest BCUT2D eigenvalue weighted by Crippen LogP contribution is -2.34. The highest BCUT2D eigenvalue weighted by Gasteiger charge is 2.58. The Kier molecular flexibility index (Phi) is 6.58. The Morgan fingerprint density at radius 3 is 2.00 bits per heavy atom. The first-order chi connectivity index (χ1) is 20.2. The van der Waals surface area contributed by atoms with Crippen molar-refractivity contribution in [3.8, 4) is 0 Å². The molecule has 7 heterocycles. The van der Waals surface area contributed by atoms with Gasteiger partial charge in [0.05, 0.1) is 25.9 Å². The molecule has 3 saturated heterocycles. The maximum Gasteiger partial charge on any atom is 0.384 e. The average Bonchev–Trinajstić information content (AvgIpc) is 3.78. The summed E-state index contributed by atoms with van der Waals surface area (Å²) < 4.78 is 44.5. The second-order valence-electron chi connectivity index (χ2n) is 9.83. The summed E-state index contributed by atoms with van der Waals surface area (Å²) >= 11 is 0. The quantitative estimate of drug-likeness (QED) is 0.119. The zero-order valence-corrected chi connectivity index (χ0v) is 22.2. The molecule has 0 aromatic carbocycles. The van der Waals surface area contributed by atoms with E-state index in [9.17, 15) is 24.8 Å². The van der Waals surface area contributed by atoms with E-state index in [1.165, 1.54) is 34.4 Å². The van der Waals surface area contributed by atoms with Crippen molar-refractivity contribution < 1.29 is 48.2 Å². The van der Waals surface area contributed by atoms with Crippen LogP contribution in [-0.4, -0.2) is 115 Å². The van der Waals surface area contributed by atoms with Crippen molar-refractivity contribution in [1.82, 2.24) is 39.0 Å². The molecule has 7 rings (SSSR count). The van der Waals surface area contributed by atoms with Gasteiger partial charge in [-0.1, -0.05) is 0 Å². The number of aliphatic hydroxyl groups excluding tert-OH is 3. The highest BCUT2D eigenvalue weighted by Crippen LogP contribution is 2.55. The number of fused-ring (bicyclic) bond motifs is 3. The fourth-order valence-electron chi connectivity index (χ4n) is 5.29. The normalized spacial score (nSPS) is 34.3. The summed E-state index contributed by atoms with van der Waals surface area (Å²) in [5.41, 5.74) is 12.8. The van der Waals surface area contributed by atoms with Gasteiger partial charge in [0.25, 0.3) is 6.03 Å². The van der Waals surface area contributed by atoms with E-state index >= 15 is 0 Å². The van der Waals surface area contributed by atoms with Gasteiger partial charge in [-0.05, 0) is 0 Å². The Morgan fingerprint density at radius 2 is 1.38 bits per heavy atom. The molecule has 21 heteroatoms. The van der Waals surface area contributed by atoms with Crippen LogP contribution in [0.15, 0.2) is 25.3 Å². The van der Waals surface area contributed by atoms with Crippen LogP contribution in [0.25, 0.3) is 22.3 Å². The SMILES string of the molecule is Nc1ncnc2c1ncn2[C@@H]1O[C@H](COP(=O)(O)[C@H]2O[C@@H]3[C@H](O2)[C@@H](CO)O[C@H]3n2cnc3c(N)ncnc32)[C@@H](O)[C@H]1O. The van der Waals surface area contributed by atoms with Crippen LogP contribution < -0.4 is 11.5 Å².